The number of aliphatic imine (C=N–C) groups is 1. The lowest BCUT2D eigenvalue weighted by atomic mass is 9.88. The molecule has 1 aromatic heterocycles. The van der Waals surface area contributed by atoms with Gasteiger partial charge in [-0.1, -0.05) is 0 Å². The number of aromatic nitrogens is 1. The zero-order valence-corrected chi connectivity index (χ0v) is 21.3. The highest BCUT2D eigenvalue weighted by atomic mass is 127. The monoisotopic (exact) mass is 567 g/mol. The number of nitrogens with one attached hydrogen (secondary N) is 1. The number of hydrogen-bond acceptors (Lipinski definition) is 3. The molecule has 6 nitrogen and oxygen atoms in total. The molecule has 2 fully saturated rings. The summed E-state index contributed by atoms with van der Waals surface area (Å²) in [7, 11) is 4.21. The van der Waals surface area contributed by atoms with Gasteiger partial charge in [0.2, 0.25) is 0 Å². The summed E-state index contributed by atoms with van der Waals surface area (Å²) >= 11 is 3.57. The van der Waals surface area contributed by atoms with E-state index in [1.54, 1.807) is 0 Å². The van der Waals surface area contributed by atoms with Gasteiger partial charge in [0.25, 0.3) is 0 Å². The third-order valence-corrected chi connectivity index (χ3v) is 6.33. The van der Waals surface area contributed by atoms with Crippen LogP contribution in [0.2, 0.25) is 0 Å². The van der Waals surface area contributed by atoms with Crippen molar-refractivity contribution in [3.05, 3.63) is 22.4 Å². The van der Waals surface area contributed by atoms with Crippen LogP contribution in [0.3, 0.4) is 0 Å². The van der Waals surface area contributed by atoms with Crippen molar-refractivity contribution < 1.29 is 4.74 Å². The lowest BCUT2D eigenvalue weighted by molar-refractivity contribution is -0.0139. The third-order valence-electron chi connectivity index (χ3n) is 5.89. The van der Waals surface area contributed by atoms with Gasteiger partial charge in [0, 0.05) is 55.8 Å². The third kappa shape index (κ3) is 5.86. The summed E-state index contributed by atoms with van der Waals surface area (Å²) in [5, 5.41) is 3.48. The predicted molar refractivity (Wildman–Crippen MR) is 130 cm³/mol. The molecule has 2 saturated heterocycles. The Morgan fingerprint density at radius 3 is 2.57 bits per heavy atom. The fourth-order valence-electron chi connectivity index (χ4n) is 4.25. The topological polar surface area (TPSA) is 45.0 Å². The van der Waals surface area contributed by atoms with Crippen molar-refractivity contribution >= 4 is 45.9 Å². The molecule has 1 aromatic rings. The summed E-state index contributed by atoms with van der Waals surface area (Å²) < 4.78 is 8.95. The smallest absolute Gasteiger partial charge is 0.194 e. The van der Waals surface area contributed by atoms with Crippen molar-refractivity contribution in [3.63, 3.8) is 0 Å². The lowest BCUT2D eigenvalue weighted by Gasteiger charge is -2.43. The van der Waals surface area contributed by atoms with E-state index in [2.05, 4.69) is 68.9 Å². The van der Waals surface area contributed by atoms with Crippen LogP contribution >= 0.6 is 39.9 Å². The fraction of sp³-hybridized carbons (Fsp3) is 0.750. The van der Waals surface area contributed by atoms with E-state index < -0.39 is 0 Å². The van der Waals surface area contributed by atoms with E-state index in [0.717, 1.165) is 56.1 Å². The highest BCUT2D eigenvalue weighted by Gasteiger charge is 2.39. The van der Waals surface area contributed by atoms with Gasteiger partial charge in [0.15, 0.2) is 5.96 Å². The second kappa shape index (κ2) is 11.2. The summed E-state index contributed by atoms with van der Waals surface area (Å²) in [6, 6.07) is 2.17. The molecule has 3 heterocycles. The Hall–Kier alpha value is -0.320. The quantitative estimate of drug-likeness (QED) is 0.325. The standard InChI is InChI=1S/C20H34BrN5O.HI/c1-4-22-19(25(3)15-18-13-17(21)14-24(18)2)23-16-20(7-11-27-12-8-20)26-9-5-6-10-26;/h13-14H,4-12,15-16H2,1-3H3,(H,22,23);1H. The Bertz CT molecular complexity index is 639. The van der Waals surface area contributed by atoms with Crippen LogP contribution in [0.15, 0.2) is 21.7 Å². The SMILES string of the molecule is CCNC(=NCC1(N2CCCC2)CCOCC1)N(C)Cc1cc(Br)cn1C.I. The first kappa shape index (κ1) is 24.0. The van der Waals surface area contributed by atoms with E-state index >= 15 is 0 Å². The van der Waals surface area contributed by atoms with E-state index in [-0.39, 0.29) is 29.5 Å². The van der Waals surface area contributed by atoms with Gasteiger partial charge in [-0.25, -0.2) is 0 Å². The molecule has 8 heteroatoms. The molecule has 0 bridgehead atoms. The summed E-state index contributed by atoms with van der Waals surface area (Å²) in [5.41, 5.74) is 1.43. The first-order chi connectivity index (χ1) is 13.0. The van der Waals surface area contributed by atoms with Crippen LogP contribution in [0.4, 0.5) is 0 Å². The molecule has 0 unspecified atom stereocenters. The van der Waals surface area contributed by atoms with Gasteiger partial charge >= 0.3 is 0 Å². The Morgan fingerprint density at radius 1 is 1.32 bits per heavy atom. The minimum absolute atomic E-state index is 0. The molecule has 1 N–H and O–H groups in total. The number of halogens is 2. The van der Waals surface area contributed by atoms with Crippen molar-refractivity contribution in [1.82, 2.24) is 19.7 Å². The number of nitrogens with zero attached hydrogens (tertiary/aromatic N) is 4. The van der Waals surface area contributed by atoms with E-state index in [1.807, 2.05) is 0 Å². The Morgan fingerprint density at radius 2 is 2.00 bits per heavy atom. The summed E-state index contributed by atoms with van der Waals surface area (Å²) in [6.45, 7) is 8.81. The van der Waals surface area contributed by atoms with Crippen LogP contribution in [-0.4, -0.2) is 72.3 Å². The summed E-state index contributed by atoms with van der Waals surface area (Å²) in [5.74, 6) is 0.986. The van der Waals surface area contributed by atoms with Crippen molar-refractivity contribution in [2.45, 2.75) is 44.7 Å². The molecule has 0 aromatic carbocycles. The van der Waals surface area contributed by atoms with Gasteiger partial charge in [-0.3, -0.25) is 9.89 Å². The maximum atomic E-state index is 5.67. The fourth-order valence-corrected chi connectivity index (χ4v) is 4.82. The van der Waals surface area contributed by atoms with E-state index in [1.165, 1.54) is 31.6 Å². The molecule has 0 spiro atoms. The molecule has 0 aliphatic carbocycles. The van der Waals surface area contributed by atoms with E-state index in [4.69, 9.17) is 9.73 Å². The average Bonchev–Trinajstić information content (AvgIpc) is 3.30. The summed E-state index contributed by atoms with van der Waals surface area (Å²) in [6.07, 6.45) is 6.90. The Kier molecular flexibility index (Phi) is 9.56. The van der Waals surface area contributed by atoms with Crippen LogP contribution in [0.1, 0.15) is 38.3 Å². The molecule has 3 rings (SSSR count). The minimum atomic E-state index is 0. The molecule has 28 heavy (non-hydrogen) atoms. The normalized spacial score (nSPS) is 20.1. The Labute approximate surface area is 195 Å². The number of aryl methyl sites for hydroxylation is 1. The van der Waals surface area contributed by atoms with Crippen molar-refractivity contribution in [3.8, 4) is 0 Å². The molecule has 0 atom stereocenters. The second-order valence-corrected chi connectivity index (χ2v) is 8.73. The molecular weight excluding hydrogens is 533 g/mol. The average molecular weight is 568 g/mol. The highest BCUT2D eigenvalue weighted by molar-refractivity contribution is 14.0. The number of likely N-dealkylation sites (tertiary alicyclic amines) is 1. The highest BCUT2D eigenvalue weighted by Crippen LogP contribution is 2.31. The van der Waals surface area contributed by atoms with Crippen LogP contribution in [-0.2, 0) is 18.3 Å². The second-order valence-electron chi connectivity index (χ2n) is 7.82. The first-order valence-electron chi connectivity index (χ1n) is 10.2. The summed E-state index contributed by atoms with van der Waals surface area (Å²) in [4.78, 5) is 10.0. The lowest BCUT2D eigenvalue weighted by Crippen LogP contribution is -2.54. The van der Waals surface area contributed by atoms with Crippen LogP contribution in [0, 0.1) is 0 Å². The van der Waals surface area contributed by atoms with Gasteiger partial charge in [0.05, 0.1) is 13.1 Å². The van der Waals surface area contributed by atoms with Gasteiger partial charge in [-0.05, 0) is 67.7 Å². The van der Waals surface area contributed by atoms with Gasteiger partial charge in [-0.15, -0.1) is 24.0 Å². The maximum absolute atomic E-state index is 5.67. The molecule has 160 valence electrons. The van der Waals surface area contributed by atoms with Gasteiger partial charge in [-0.2, -0.15) is 0 Å². The molecule has 0 saturated carbocycles. The van der Waals surface area contributed by atoms with E-state index in [9.17, 15) is 0 Å². The predicted octanol–water partition coefficient (Wildman–Crippen LogP) is 3.45. The van der Waals surface area contributed by atoms with Crippen molar-refractivity contribution in [2.24, 2.45) is 12.0 Å². The number of hydrogen-bond donors (Lipinski definition) is 1. The molecule has 0 radical (unpaired) electrons. The molecular formula is C20H35BrIN5O. The van der Waals surface area contributed by atoms with Crippen molar-refractivity contribution in [1.29, 1.82) is 0 Å². The van der Waals surface area contributed by atoms with Gasteiger partial charge in [0.1, 0.15) is 0 Å². The number of guanidine groups is 1. The van der Waals surface area contributed by atoms with E-state index in [0.29, 0.717) is 0 Å². The zero-order valence-electron chi connectivity index (χ0n) is 17.4. The number of rotatable bonds is 6. The zero-order chi connectivity index (χ0) is 19.3. The molecule has 0 amide bonds. The van der Waals surface area contributed by atoms with Crippen LogP contribution in [0.25, 0.3) is 0 Å². The maximum Gasteiger partial charge on any atom is 0.194 e. The minimum Gasteiger partial charge on any atom is -0.381 e. The number of ether oxygens (including phenoxy) is 1. The first-order valence-corrected chi connectivity index (χ1v) is 11.0. The van der Waals surface area contributed by atoms with Crippen LogP contribution in [0.5, 0.6) is 0 Å². The van der Waals surface area contributed by atoms with Crippen molar-refractivity contribution in [2.75, 3.05) is 46.4 Å². The molecule has 2 aliphatic heterocycles. The largest absolute Gasteiger partial charge is 0.381 e. The van der Waals surface area contributed by atoms with Gasteiger partial charge < -0.3 is 19.5 Å². The molecule has 2 aliphatic rings. The Balaban J connectivity index is 0.00000280. The van der Waals surface area contributed by atoms with Crippen LogP contribution < -0.4 is 5.32 Å².